The van der Waals surface area contributed by atoms with Gasteiger partial charge < -0.3 is 10.1 Å². The van der Waals surface area contributed by atoms with Gasteiger partial charge in [0, 0.05) is 18.3 Å². The Balaban J connectivity index is 1.58. The van der Waals surface area contributed by atoms with Crippen molar-refractivity contribution in [2.45, 2.75) is 58.5 Å². The maximum atomic E-state index is 12.4. The predicted molar refractivity (Wildman–Crippen MR) is 115 cm³/mol. The van der Waals surface area contributed by atoms with Gasteiger partial charge in [-0.3, -0.25) is 9.69 Å². The van der Waals surface area contributed by atoms with Crippen LogP contribution in [0.3, 0.4) is 0 Å². The molecule has 0 bridgehead atoms. The molecule has 1 fully saturated rings. The second-order valence-corrected chi connectivity index (χ2v) is 8.02. The summed E-state index contributed by atoms with van der Waals surface area (Å²) < 4.78 is 5.70. The molecule has 0 atom stereocenters. The minimum atomic E-state index is -0.132. The van der Waals surface area contributed by atoms with Gasteiger partial charge in [0.2, 0.25) is 0 Å². The second-order valence-electron chi connectivity index (χ2n) is 8.02. The number of aryl methyl sites for hydroxylation is 2. The molecule has 0 radical (unpaired) electrons. The van der Waals surface area contributed by atoms with Gasteiger partial charge in [0.15, 0.2) is 6.61 Å². The lowest BCUT2D eigenvalue weighted by atomic mass is 9.94. The van der Waals surface area contributed by atoms with E-state index in [0.29, 0.717) is 6.04 Å². The number of ether oxygens (including phenoxy) is 1. The summed E-state index contributed by atoms with van der Waals surface area (Å²) in [5, 5.41) is 3.03. The standard InChI is InChI=1S/C24H32N2O2/c1-18-13-19(2)15-22(14-18)28-17-24(27)25-23-12-8-7-9-20(23)16-26(3)21-10-5-4-6-11-21/h7-9,12-15,21H,4-6,10-11,16-17H2,1-3H3,(H,25,27). The van der Waals surface area contributed by atoms with Gasteiger partial charge in [0.25, 0.3) is 5.91 Å². The summed E-state index contributed by atoms with van der Waals surface area (Å²) in [5.41, 5.74) is 4.28. The largest absolute Gasteiger partial charge is 0.484 e. The maximum absolute atomic E-state index is 12.4. The number of hydrogen-bond acceptors (Lipinski definition) is 3. The van der Waals surface area contributed by atoms with E-state index in [1.807, 2.05) is 44.2 Å². The van der Waals surface area contributed by atoms with Crippen LogP contribution in [0.2, 0.25) is 0 Å². The van der Waals surface area contributed by atoms with Gasteiger partial charge in [-0.25, -0.2) is 0 Å². The number of carbonyl (C=O) groups is 1. The zero-order valence-corrected chi connectivity index (χ0v) is 17.3. The van der Waals surface area contributed by atoms with Crippen molar-refractivity contribution in [3.05, 3.63) is 59.2 Å². The minimum Gasteiger partial charge on any atom is -0.484 e. The molecule has 1 amide bonds. The molecule has 4 heteroatoms. The first-order valence-electron chi connectivity index (χ1n) is 10.3. The van der Waals surface area contributed by atoms with E-state index in [1.165, 1.54) is 32.1 Å². The topological polar surface area (TPSA) is 41.6 Å². The maximum Gasteiger partial charge on any atom is 0.262 e. The molecule has 3 rings (SSSR count). The van der Waals surface area contributed by atoms with E-state index in [0.717, 1.165) is 34.7 Å². The van der Waals surface area contributed by atoms with Crippen LogP contribution >= 0.6 is 0 Å². The van der Waals surface area contributed by atoms with Crippen molar-refractivity contribution in [2.75, 3.05) is 19.0 Å². The Hall–Kier alpha value is -2.33. The van der Waals surface area contributed by atoms with Crippen LogP contribution in [-0.4, -0.2) is 30.5 Å². The van der Waals surface area contributed by atoms with E-state index in [-0.39, 0.29) is 12.5 Å². The lowest BCUT2D eigenvalue weighted by Crippen LogP contribution is -2.33. The Labute approximate surface area is 168 Å². The summed E-state index contributed by atoms with van der Waals surface area (Å²) in [6.07, 6.45) is 6.55. The van der Waals surface area contributed by atoms with Crippen LogP contribution < -0.4 is 10.1 Å². The Morgan fingerprint density at radius 1 is 1.07 bits per heavy atom. The summed E-state index contributed by atoms with van der Waals surface area (Å²) >= 11 is 0. The zero-order valence-electron chi connectivity index (χ0n) is 17.3. The fourth-order valence-corrected chi connectivity index (χ4v) is 4.05. The lowest BCUT2D eigenvalue weighted by Gasteiger charge is -2.31. The molecule has 1 aliphatic carbocycles. The van der Waals surface area contributed by atoms with E-state index in [9.17, 15) is 4.79 Å². The number of amides is 1. The van der Waals surface area contributed by atoms with Gasteiger partial charge in [-0.05, 0) is 68.6 Å². The van der Waals surface area contributed by atoms with Crippen LogP contribution in [0.25, 0.3) is 0 Å². The number of anilines is 1. The number of nitrogens with zero attached hydrogens (tertiary/aromatic N) is 1. The molecule has 0 aliphatic heterocycles. The third kappa shape index (κ3) is 5.83. The molecular formula is C24H32N2O2. The first-order chi connectivity index (χ1) is 13.5. The van der Waals surface area contributed by atoms with E-state index >= 15 is 0 Å². The van der Waals surface area contributed by atoms with Crippen LogP contribution in [-0.2, 0) is 11.3 Å². The number of para-hydroxylation sites is 1. The fourth-order valence-electron chi connectivity index (χ4n) is 4.05. The SMILES string of the molecule is Cc1cc(C)cc(OCC(=O)Nc2ccccc2CN(C)C2CCCCC2)c1. The van der Waals surface area contributed by atoms with E-state index in [2.05, 4.69) is 29.4 Å². The van der Waals surface area contributed by atoms with Crippen LogP contribution in [0, 0.1) is 13.8 Å². The number of rotatable bonds is 7. The van der Waals surface area contributed by atoms with Gasteiger partial charge in [0.1, 0.15) is 5.75 Å². The monoisotopic (exact) mass is 380 g/mol. The Morgan fingerprint density at radius 2 is 1.75 bits per heavy atom. The van der Waals surface area contributed by atoms with Crippen LogP contribution in [0.1, 0.15) is 48.8 Å². The predicted octanol–water partition coefficient (Wildman–Crippen LogP) is 5.09. The highest BCUT2D eigenvalue weighted by Gasteiger charge is 2.19. The van der Waals surface area contributed by atoms with Gasteiger partial charge in [-0.2, -0.15) is 0 Å². The molecule has 1 saturated carbocycles. The molecule has 0 unspecified atom stereocenters. The average Bonchev–Trinajstić information content (AvgIpc) is 2.68. The number of nitrogens with one attached hydrogen (secondary N) is 1. The van der Waals surface area contributed by atoms with Crippen LogP contribution in [0.4, 0.5) is 5.69 Å². The highest BCUT2D eigenvalue weighted by Crippen LogP contribution is 2.25. The molecule has 0 aromatic heterocycles. The van der Waals surface area contributed by atoms with Crippen molar-refractivity contribution in [1.29, 1.82) is 0 Å². The number of carbonyl (C=O) groups excluding carboxylic acids is 1. The molecule has 1 aliphatic rings. The van der Waals surface area contributed by atoms with Gasteiger partial charge in [-0.15, -0.1) is 0 Å². The van der Waals surface area contributed by atoms with Gasteiger partial charge in [-0.1, -0.05) is 43.5 Å². The van der Waals surface area contributed by atoms with Crippen molar-refractivity contribution < 1.29 is 9.53 Å². The third-order valence-corrected chi connectivity index (χ3v) is 5.47. The van der Waals surface area contributed by atoms with Crippen LogP contribution in [0.5, 0.6) is 5.75 Å². The second kappa shape index (κ2) is 9.74. The molecule has 2 aromatic carbocycles. The highest BCUT2D eigenvalue weighted by atomic mass is 16.5. The summed E-state index contributed by atoms with van der Waals surface area (Å²) in [5.74, 6) is 0.602. The first-order valence-corrected chi connectivity index (χ1v) is 10.3. The van der Waals surface area contributed by atoms with Crippen molar-refractivity contribution in [1.82, 2.24) is 4.90 Å². The van der Waals surface area contributed by atoms with Crippen LogP contribution in [0.15, 0.2) is 42.5 Å². The molecule has 0 saturated heterocycles. The quantitative estimate of drug-likeness (QED) is 0.728. The Kier molecular flexibility index (Phi) is 7.10. The van der Waals surface area contributed by atoms with E-state index < -0.39 is 0 Å². The average molecular weight is 381 g/mol. The highest BCUT2D eigenvalue weighted by molar-refractivity contribution is 5.92. The summed E-state index contributed by atoms with van der Waals surface area (Å²) in [4.78, 5) is 14.9. The Bertz CT molecular complexity index is 777. The van der Waals surface area contributed by atoms with Crippen molar-refractivity contribution in [2.24, 2.45) is 0 Å². The number of benzene rings is 2. The molecule has 0 heterocycles. The smallest absolute Gasteiger partial charge is 0.262 e. The fraction of sp³-hybridized carbons (Fsp3) is 0.458. The van der Waals surface area contributed by atoms with Gasteiger partial charge >= 0.3 is 0 Å². The van der Waals surface area contributed by atoms with E-state index in [1.54, 1.807) is 0 Å². The number of hydrogen-bond donors (Lipinski definition) is 1. The Morgan fingerprint density at radius 3 is 2.46 bits per heavy atom. The summed E-state index contributed by atoms with van der Waals surface area (Å²) in [7, 11) is 2.19. The minimum absolute atomic E-state index is 0.00961. The van der Waals surface area contributed by atoms with E-state index in [4.69, 9.17) is 4.74 Å². The zero-order chi connectivity index (χ0) is 19.9. The molecule has 4 nitrogen and oxygen atoms in total. The molecular weight excluding hydrogens is 348 g/mol. The molecule has 1 N–H and O–H groups in total. The molecule has 28 heavy (non-hydrogen) atoms. The van der Waals surface area contributed by atoms with Crippen molar-refractivity contribution >= 4 is 11.6 Å². The third-order valence-electron chi connectivity index (χ3n) is 5.47. The summed E-state index contributed by atoms with van der Waals surface area (Å²) in [6.45, 7) is 4.91. The molecule has 2 aromatic rings. The lowest BCUT2D eigenvalue weighted by molar-refractivity contribution is -0.118. The molecule has 150 valence electrons. The molecule has 0 spiro atoms. The van der Waals surface area contributed by atoms with Crippen molar-refractivity contribution in [3.8, 4) is 5.75 Å². The normalized spacial score (nSPS) is 14.9. The first kappa shape index (κ1) is 20.4. The van der Waals surface area contributed by atoms with Crippen molar-refractivity contribution in [3.63, 3.8) is 0 Å². The van der Waals surface area contributed by atoms with Gasteiger partial charge in [0.05, 0.1) is 0 Å². The summed E-state index contributed by atoms with van der Waals surface area (Å²) in [6, 6.07) is 14.7.